The number of carbonyl (C=O) groups excluding carboxylic acids is 1. The van der Waals surface area contributed by atoms with Gasteiger partial charge in [-0.15, -0.1) is 0 Å². The van der Waals surface area contributed by atoms with E-state index in [1.807, 2.05) is 6.92 Å². The zero-order valence-electron chi connectivity index (χ0n) is 10.3. The third-order valence-electron chi connectivity index (χ3n) is 3.41. The number of hydrogen-bond donors (Lipinski definition) is 0. The van der Waals surface area contributed by atoms with Crippen molar-refractivity contribution in [2.24, 2.45) is 5.92 Å². The molecule has 1 aromatic carbocycles. The van der Waals surface area contributed by atoms with E-state index in [4.69, 9.17) is 16.3 Å². The maximum absolute atomic E-state index is 12.9. The maximum atomic E-state index is 12.9. The van der Waals surface area contributed by atoms with Crippen molar-refractivity contribution in [3.63, 3.8) is 0 Å². The Labute approximate surface area is 111 Å². The normalized spacial score (nSPS) is 23.3. The lowest BCUT2D eigenvalue weighted by Crippen LogP contribution is -2.25. The molecule has 98 valence electrons. The van der Waals surface area contributed by atoms with Gasteiger partial charge in [-0.25, -0.2) is 4.39 Å². The van der Waals surface area contributed by atoms with Crippen LogP contribution >= 0.6 is 11.6 Å². The van der Waals surface area contributed by atoms with Crippen LogP contribution in [0.5, 0.6) is 0 Å². The highest BCUT2D eigenvalue weighted by Crippen LogP contribution is 2.27. The van der Waals surface area contributed by atoms with Gasteiger partial charge in [-0.1, -0.05) is 24.6 Å². The van der Waals surface area contributed by atoms with Crippen LogP contribution in [0, 0.1) is 11.7 Å². The lowest BCUT2D eigenvalue weighted by atomic mass is 9.91. The number of hydrogen-bond acceptors (Lipinski definition) is 2. The van der Waals surface area contributed by atoms with Crippen molar-refractivity contribution in [3.8, 4) is 0 Å². The van der Waals surface area contributed by atoms with E-state index < -0.39 is 0 Å². The Morgan fingerprint density at radius 2 is 2.33 bits per heavy atom. The first-order chi connectivity index (χ1) is 8.61. The molecule has 1 aliphatic heterocycles. The number of ketones is 1. The van der Waals surface area contributed by atoms with Crippen LogP contribution in [0.4, 0.5) is 4.39 Å². The zero-order valence-corrected chi connectivity index (χ0v) is 11.0. The quantitative estimate of drug-likeness (QED) is 0.838. The number of benzene rings is 1. The van der Waals surface area contributed by atoms with Crippen LogP contribution < -0.4 is 0 Å². The van der Waals surface area contributed by atoms with Crippen LogP contribution in [0.3, 0.4) is 0 Å². The molecule has 0 aromatic heterocycles. The summed E-state index contributed by atoms with van der Waals surface area (Å²) < 4.78 is 18.4. The summed E-state index contributed by atoms with van der Waals surface area (Å²) in [6.45, 7) is 2.66. The fraction of sp³-hybridized carbons (Fsp3) is 0.500. The summed E-state index contributed by atoms with van der Waals surface area (Å²) in [7, 11) is 0. The molecular weight excluding hydrogens is 255 g/mol. The van der Waals surface area contributed by atoms with E-state index in [9.17, 15) is 9.18 Å². The van der Waals surface area contributed by atoms with E-state index in [2.05, 4.69) is 0 Å². The summed E-state index contributed by atoms with van der Waals surface area (Å²) in [4.78, 5) is 12.2. The highest BCUT2D eigenvalue weighted by atomic mass is 35.5. The molecule has 1 fully saturated rings. The van der Waals surface area contributed by atoms with Gasteiger partial charge in [0.05, 0.1) is 6.10 Å². The second-order valence-corrected chi connectivity index (χ2v) is 5.00. The second kappa shape index (κ2) is 5.81. The average Bonchev–Trinajstić information content (AvgIpc) is 2.81. The van der Waals surface area contributed by atoms with Gasteiger partial charge in [-0.3, -0.25) is 4.79 Å². The van der Waals surface area contributed by atoms with Gasteiger partial charge >= 0.3 is 0 Å². The number of Topliss-reactive ketones (excluding diaryl/α,β-unsaturated/α-hetero) is 1. The topological polar surface area (TPSA) is 26.3 Å². The van der Waals surface area contributed by atoms with Gasteiger partial charge in [0.15, 0.2) is 0 Å². The molecule has 1 aliphatic rings. The fourth-order valence-corrected chi connectivity index (χ4v) is 2.64. The summed E-state index contributed by atoms with van der Waals surface area (Å²) in [6.07, 6.45) is 1.89. The molecular formula is C14H16ClFO2. The fourth-order valence-electron chi connectivity index (χ4n) is 2.40. The van der Waals surface area contributed by atoms with E-state index in [0.29, 0.717) is 17.2 Å². The molecule has 0 N–H and O–H groups in total. The molecule has 0 saturated carbocycles. The smallest absolute Gasteiger partial charge is 0.143 e. The van der Waals surface area contributed by atoms with Gasteiger partial charge in [0.2, 0.25) is 0 Å². The third-order valence-corrected chi connectivity index (χ3v) is 3.76. The summed E-state index contributed by atoms with van der Waals surface area (Å²) in [5.74, 6) is -0.296. The minimum Gasteiger partial charge on any atom is -0.377 e. The molecule has 0 amide bonds. The van der Waals surface area contributed by atoms with Gasteiger partial charge < -0.3 is 4.74 Å². The Kier molecular flexibility index (Phi) is 4.36. The van der Waals surface area contributed by atoms with Crippen molar-refractivity contribution in [2.75, 3.05) is 6.61 Å². The van der Waals surface area contributed by atoms with Gasteiger partial charge in [0.1, 0.15) is 11.6 Å². The lowest BCUT2D eigenvalue weighted by Gasteiger charge is -2.15. The van der Waals surface area contributed by atoms with Crippen LogP contribution in [0.25, 0.3) is 0 Å². The lowest BCUT2D eigenvalue weighted by molar-refractivity contribution is -0.123. The second-order valence-electron chi connectivity index (χ2n) is 4.59. The zero-order chi connectivity index (χ0) is 13.1. The van der Waals surface area contributed by atoms with Gasteiger partial charge in [0, 0.05) is 24.0 Å². The van der Waals surface area contributed by atoms with Crippen molar-refractivity contribution in [3.05, 3.63) is 34.6 Å². The minimum atomic E-state index is -0.383. The molecule has 18 heavy (non-hydrogen) atoms. The Balaban J connectivity index is 2.07. The predicted octanol–water partition coefficient (Wildman–Crippen LogP) is 3.41. The molecule has 0 spiro atoms. The number of rotatable bonds is 4. The first-order valence-corrected chi connectivity index (χ1v) is 6.58. The minimum absolute atomic E-state index is 0.0247. The monoisotopic (exact) mass is 270 g/mol. The Bertz CT molecular complexity index is 447. The maximum Gasteiger partial charge on any atom is 0.143 e. The molecule has 2 nitrogen and oxygen atoms in total. The van der Waals surface area contributed by atoms with E-state index in [1.54, 1.807) is 6.07 Å². The van der Waals surface area contributed by atoms with Crippen LogP contribution in [0.15, 0.2) is 18.2 Å². The van der Waals surface area contributed by atoms with E-state index >= 15 is 0 Å². The van der Waals surface area contributed by atoms with Crippen molar-refractivity contribution < 1.29 is 13.9 Å². The molecule has 2 atom stereocenters. The number of ether oxygens (including phenoxy) is 1. The molecule has 0 aliphatic carbocycles. The summed E-state index contributed by atoms with van der Waals surface area (Å²) >= 11 is 5.93. The molecule has 2 rings (SSSR count). The summed E-state index contributed by atoms with van der Waals surface area (Å²) in [5, 5.41) is 0.315. The number of carbonyl (C=O) groups is 1. The van der Waals surface area contributed by atoms with Crippen LogP contribution in [0.1, 0.15) is 25.3 Å². The molecule has 0 bridgehead atoms. The highest BCUT2D eigenvalue weighted by Gasteiger charge is 2.32. The Morgan fingerprint density at radius 1 is 1.56 bits per heavy atom. The summed E-state index contributed by atoms with van der Waals surface area (Å²) in [6, 6.07) is 4.15. The van der Waals surface area contributed by atoms with Crippen molar-refractivity contribution in [1.29, 1.82) is 0 Å². The van der Waals surface area contributed by atoms with Crippen LogP contribution in [0.2, 0.25) is 5.02 Å². The van der Waals surface area contributed by atoms with Crippen LogP contribution in [-0.2, 0) is 16.0 Å². The molecule has 1 aromatic rings. The highest BCUT2D eigenvalue weighted by molar-refractivity contribution is 6.31. The molecule has 2 unspecified atom stereocenters. The van der Waals surface area contributed by atoms with E-state index in [0.717, 1.165) is 12.8 Å². The van der Waals surface area contributed by atoms with E-state index in [1.165, 1.54) is 12.1 Å². The first-order valence-electron chi connectivity index (χ1n) is 6.20. The van der Waals surface area contributed by atoms with Crippen molar-refractivity contribution in [2.45, 2.75) is 32.3 Å². The third kappa shape index (κ3) is 2.90. The SMILES string of the molecule is CCC1OCCC1C(=O)Cc1ccc(F)cc1Cl. The van der Waals surface area contributed by atoms with Gasteiger partial charge in [0.25, 0.3) is 0 Å². The predicted molar refractivity (Wildman–Crippen MR) is 68.3 cm³/mol. The largest absolute Gasteiger partial charge is 0.377 e. The van der Waals surface area contributed by atoms with Crippen LogP contribution in [-0.4, -0.2) is 18.5 Å². The number of halogens is 2. The first kappa shape index (κ1) is 13.5. The summed E-state index contributed by atoms with van der Waals surface area (Å²) in [5.41, 5.74) is 0.685. The molecule has 1 saturated heterocycles. The molecule has 1 heterocycles. The molecule has 4 heteroatoms. The van der Waals surface area contributed by atoms with Gasteiger partial charge in [-0.05, 0) is 30.5 Å². The molecule has 0 radical (unpaired) electrons. The van der Waals surface area contributed by atoms with Crippen molar-refractivity contribution >= 4 is 17.4 Å². The standard InChI is InChI=1S/C14H16ClFO2/c1-2-14-11(5-6-18-14)13(17)7-9-3-4-10(16)8-12(9)15/h3-4,8,11,14H,2,5-7H2,1H3. The van der Waals surface area contributed by atoms with Crippen molar-refractivity contribution in [1.82, 2.24) is 0 Å². The van der Waals surface area contributed by atoms with Gasteiger partial charge in [-0.2, -0.15) is 0 Å². The Morgan fingerprint density at radius 3 is 3.00 bits per heavy atom. The average molecular weight is 271 g/mol. The Hall–Kier alpha value is -0.930. The van der Waals surface area contributed by atoms with E-state index in [-0.39, 0.29) is 30.0 Å².